The van der Waals surface area contributed by atoms with Gasteiger partial charge in [-0.2, -0.15) is 0 Å². The molecule has 0 atom stereocenters. The third-order valence-corrected chi connectivity index (χ3v) is 3.06. The van der Waals surface area contributed by atoms with Crippen LogP contribution in [0.15, 0.2) is 36.4 Å². The SMILES string of the molecule is COc1ccc(C(=O)Cc2ccc(F)c(F)c2)c(OC)c1. The molecule has 0 radical (unpaired) electrons. The molecule has 0 aliphatic carbocycles. The molecule has 2 rings (SSSR count). The lowest BCUT2D eigenvalue weighted by atomic mass is 10.0. The van der Waals surface area contributed by atoms with Crippen LogP contribution in [0.5, 0.6) is 11.5 Å². The Morgan fingerprint density at radius 3 is 2.38 bits per heavy atom. The molecule has 0 saturated heterocycles. The van der Waals surface area contributed by atoms with Gasteiger partial charge in [0.2, 0.25) is 0 Å². The smallest absolute Gasteiger partial charge is 0.170 e. The summed E-state index contributed by atoms with van der Waals surface area (Å²) in [6, 6.07) is 8.22. The first kappa shape index (κ1) is 15.0. The molecular weight excluding hydrogens is 278 g/mol. The number of methoxy groups -OCH3 is 2. The first-order valence-electron chi connectivity index (χ1n) is 6.24. The maximum absolute atomic E-state index is 13.1. The fraction of sp³-hybridized carbons (Fsp3) is 0.188. The quantitative estimate of drug-likeness (QED) is 0.792. The van der Waals surface area contributed by atoms with E-state index in [1.165, 1.54) is 20.3 Å². The van der Waals surface area contributed by atoms with Gasteiger partial charge in [0.25, 0.3) is 0 Å². The van der Waals surface area contributed by atoms with E-state index in [9.17, 15) is 13.6 Å². The van der Waals surface area contributed by atoms with Crippen molar-refractivity contribution in [2.75, 3.05) is 14.2 Å². The standard InChI is InChI=1S/C16H14F2O3/c1-20-11-4-5-12(16(9-11)21-2)15(19)8-10-3-6-13(17)14(18)7-10/h3-7,9H,8H2,1-2H3. The zero-order valence-corrected chi connectivity index (χ0v) is 11.7. The highest BCUT2D eigenvalue weighted by Gasteiger charge is 2.15. The van der Waals surface area contributed by atoms with Gasteiger partial charge in [0.05, 0.1) is 19.8 Å². The fourth-order valence-electron chi connectivity index (χ4n) is 1.96. The zero-order chi connectivity index (χ0) is 15.4. The molecule has 0 N–H and O–H groups in total. The predicted molar refractivity (Wildman–Crippen MR) is 73.9 cm³/mol. The molecule has 0 aromatic heterocycles. The van der Waals surface area contributed by atoms with E-state index in [1.54, 1.807) is 18.2 Å². The van der Waals surface area contributed by atoms with Crippen LogP contribution < -0.4 is 9.47 Å². The van der Waals surface area contributed by atoms with E-state index in [0.717, 1.165) is 12.1 Å². The second-order valence-corrected chi connectivity index (χ2v) is 4.41. The van der Waals surface area contributed by atoms with Gasteiger partial charge in [-0.25, -0.2) is 8.78 Å². The van der Waals surface area contributed by atoms with Gasteiger partial charge in [-0.3, -0.25) is 4.79 Å². The molecule has 0 bridgehead atoms. The molecule has 0 heterocycles. The van der Waals surface area contributed by atoms with Crippen molar-refractivity contribution in [2.45, 2.75) is 6.42 Å². The van der Waals surface area contributed by atoms with E-state index in [4.69, 9.17) is 9.47 Å². The van der Waals surface area contributed by atoms with Crippen molar-refractivity contribution in [1.82, 2.24) is 0 Å². The van der Waals surface area contributed by atoms with Crippen LogP contribution in [0, 0.1) is 11.6 Å². The van der Waals surface area contributed by atoms with Crippen LogP contribution in [0.2, 0.25) is 0 Å². The molecule has 0 fully saturated rings. The largest absolute Gasteiger partial charge is 0.497 e. The van der Waals surface area contributed by atoms with Gasteiger partial charge < -0.3 is 9.47 Å². The van der Waals surface area contributed by atoms with Crippen molar-refractivity contribution in [2.24, 2.45) is 0 Å². The highest BCUT2D eigenvalue weighted by Crippen LogP contribution is 2.26. The number of halogens is 2. The van der Waals surface area contributed by atoms with E-state index < -0.39 is 11.6 Å². The van der Waals surface area contributed by atoms with Crippen LogP contribution in [0.25, 0.3) is 0 Å². The summed E-state index contributed by atoms with van der Waals surface area (Å²) in [5, 5.41) is 0. The fourth-order valence-corrected chi connectivity index (χ4v) is 1.96. The number of hydrogen-bond acceptors (Lipinski definition) is 3. The van der Waals surface area contributed by atoms with Crippen LogP contribution in [0.1, 0.15) is 15.9 Å². The van der Waals surface area contributed by atoms with Gasteiger partial charge in [-0.1, -0.05) is 6.07 Å². The topological polar surface area (TPSA) is 35.5 Å². The summed E-state index contributed by atoms with van der Waals surface area (Å²) in [4.78, 5) is 12.3. The van der Waals surface area contributed by atoms with Crippen LogP contribution in [0.4, 0.5) is 8.78 Å². The molecule has 0 saturated carbocycles. The maximum atomic E-state index is 13.1. The first-order chi connectivity index (χ1) is 10.0. The lowest BCUT2D eigenvalue weighted by Crippen LogP contribution is -2.06. The molecule has 3 nitrogen and oxygen atoms in total. The van der Waals surface area contributed by atoms with E-state index in [1.807, 2.05) is 0 Å². The van der Waals surface area contributed by atoms with Gasteiger partial charge in [0.1, 0.15) is 11.5 Å². The molecule has 0 spiro atoms. The van der Waals surface area contributed by atoms with E-state index in [2.05, 4.69) is 0 Å². The first-order valence-corrected chi connectivity index (χ1v) is 6.24. The Bertz CT molecular complexity index is 669. The van der Waals surface area contributed by atoms with Crippen LogP contribution >= 0.6 is 0 Å². The van der Waals surface area contributed by atoms with Crippen molar-refractivity contribution in [3.05, 3.63) is 59.2 Å². The summed E-state index contributed by atoms with van der Waals surface area (Å²) in [5.41, 5.74) is 0.764. The Morgan fingerprint density at radius 2 is 1.76 bits per heavy atom. The average molecular weight is 292 g/mol. The Labute approximate surface area is 121 Å². The lowest BCUT2D eigenvalue weighted by molar-refractivity contribution is 0.0990. The zero-order valence-electron chi connectivity index (χ0n) is 11.7. The lowest BCUT2D eigenvalue weighted by Gasteiger charge is -2.09. The summed E-state index contributed by atoms with van der Waals surface area (Å²) >= 11 is 0. The number of ketones is 1. The molecule has 2 aromatic rings. The Balaban J connectivity index is 2.25. The van der Waals surface area contributed by atoms with Gasteiger partial charge in [0, 0.05) is 12.5 Å². The van der Waals surface area contributed by atoms with E-state index >= 15 is 0 Å². The normalized spacial score (nSPS) is 10.3. The summed E-state index contributed by atoms with van der Waals surface area (Å²) in [6.07, 6.45) is -0.0418. The third kappa shape index (κ3) is 3.37. The van der Waals surface area contributed by atoms with Gasteiger partial charge >= 0.3 is 0 Å². The van der Waals surface area contributed by atoms with Crippen molar-refractivity contribution in [3.63, 3.8) is 0 Å². The van der Waals surface area contributed by atoms with Crippen molar-refractivity contribution >= 4 is 5.78 Å². The Hall–Kier alpha value is -2.43. The number of rotatable bonds is 5. The third-order valence-electron chi connectivity index (χ3n) is 3.06. The Morgan fingerprint density at radius 1 is 1.00 bits per heavy atom. The summed E-state index contributed by atoms with van der Waals surface area (Å²) in [5.74, 6) is -1.21. The highest BCUT2D eigenvalue weighted by atomic mass is 19.2. The van der Waals surface area contributed by atoms with E-state index in [0.29, 0.717) is 22.6 Å². The second kappa shape index (κ2) is 6.35. The van der Waals surface area contributed by atoms with Gasteiger partial charge in [-0.05, 0) is 29.8 Å². The number of ether oxygens (including phenoxy) is 2. The van der Waals surface area contributed by atoms with Crippen molar-refractivity contribution in [1.29, 1.82) is 0 Å². The number of Topliss-reactive ketones (excluding diaryl/α,β-unsaturated/α-hetero) is 1. The molecule has 5 heteroatoms. The summed E-state index contributed by atoms with van der Waals surface area (Å²) < 4.78 is 36.2. The van der Waals surface area contributed by atoms with Crippen molar-refractivity contribution in [3.8, 4) is 11.5 Å². The molecule has 21 heavy (non-hydrogen) atoms. The number of hydrogen-bond donors (Lipinski definition) is 0. The highest BCUT2D eigenvalue weighted by molar-refractivity contribution is 6.00. The average Bonchev–Trinajstić information content (AvgIpc) is 2.50. The number of benzene rings is 2. The molecule has 0 aliphatic heterocycles. The summed E-state index contributed by atoms with van der Waals surface area (Å²) in [7, 11) is 2.96. The van der Waals surface area contributed by atoms with E-state index in [-0.39, 0.29) is 12.2 Å². The maximum Gasteiger partial charge on any atom is 0.170 e. The van der Waals surface area contributed by atoms with Crippen LogP contribution in [0.3, 0.4) is 0 Å². The number of carbonyl (C=O) groups is 1. The molecule has 0 aliphatic rings. The van der Waals surface area contributed by atoms with Crippen LogP contribution in [-0.2, 0) is 6.42 Å². The van der Waals surface area contributed by atoms with Gasteiger partial charge in [0.15, 0.2) is 17.4 Å². The molecule has 110 valence electrons. The monoisotopic (exact) mass is 292 g/mol. The minimum Gasteiger partial charge on any atom is -0.497 e. The minimum absolute atomic E-state index is 0.0418. The van der Waals surface area contributed by atoms with Gasteiger partial charge in [-0.15, -0.1) is 0 Å². The summed E-state index contributed by atoms with van der Waals surface area (Å²) in [6.45, 7) is 0. The molecule has 0 unspecified atom stereocenters. The van der Waals surface area contributed by atoms with Crippen molar-refractivity contribution < 1.29 is 23.0 Å². The predicted octanol–water partition coefficient (Wildman–Crippen LogP) is 3.41. The number of carbonyl (C=O) groups excluding carboxylic acids is 1. The minimum atomic E-state index is -0.970. The van der Waals surface area contributed by atoms with Crippen LogP contribution in [-0.4, -0.2) is 20.0 Å². The second-order valence-electron chi connectivity index (χ2n) is 4.41. The molecule has 2 aromatic carbocycles. The molecular formula is C16H14F2O3. The Kier molecular flexibility index (Phi) is 4.52. The molecule has 0 amide bonds.